The van der Waals surface area contributed by atoms with E-state index in [-0.39, 0.29) is 0 Å². The van der Waals surface area contributed by atoms with Gasteiger partial charge in [0.1, 0.15) is 5.75 Å². The molecule has 1 rings (SSSR count). The van der Waals surface area contributed by atoms with E-state index in [2.05, 4.69) is 38.2 Å². The normalized spacial score (nSPS) is 12.5. The number of hydrogen-bond acceptors (Lipinski definition) is 3. The second-order valence-electron chi connectivity index (χ2n) is 5.06. The van der Waals surface area contributed by atoms with Crippen LogP contribution in [0.5, 0.6) is 5.75 Å². The number of ether oxygens (including phenoxy) is 1. The smallest absolute Gasteiger partial charge is 0.122 e. The van der Waals surface area contributed by atoms with Gasteiger partial charge in [0, 0.05) is 6.54 Å². The van der Waals surface area contributed by atoms with Crippen molar-refractivity contribution in [2.75, 3.05) is 20.2 Å². The zero-order valence-corrected chi connectivity index (χ0v) is 12.0. The van der Waals surface area contributed by atoms with E-state index in [0.29, 0.717) is 5.92 Å². The highest BCUT2D eigenvalue weighted by atomic mass is 16.5. The first kappa shape index (κ1) is 15.0. The predicted molar refractivity (Wildman–Crippen MR) is 77.0 cm³/mol. The summed E-state index contributed by atoms with van der Waals surface area (Å²) in [5.41, 5.74) is 9.35. The van der Waals surface area contributed by atoms with Crippen LogP contribution in [0.1, 0.15) is 30.0 Å². The molecule has 0 aliphatic carbocycles. The Morgan fingerprint density at radius 1 is 1.28 bits per heavy atom. The maximum absolute atomic E-state index is 5.55. The first-order valence-corrected chi connectivity index (χ1v) is 6.63. The first-order valence-electron chi connectivity index (χ1n) is 6.63. The Morgan fingerprint density at radius 3 is 2.61 bits per heavy atom. The third kappa shape index (κ3) is 4.31. The number of methoxy groups -OCH3 is 1. The van der Waals surface area contributed by atoms with Crippen LogP contribution in [0.4, 0.5) is 0 Å². The molecule has 18 heavy (non-hydrogen) atoms. The second kappa shape index (κ2) is 7.39. The number of benzene rings is 1. The molecule has 0 aliphatic rings. The Balaban J connectivity index is 2.55. The summed E-state index contributed by atoms with van der Waals surface area (Å²) in [6, 6.07) is 4.31. The number of hydrogen-bond donors (Lipinski definition) is 2. The highest BCUT2D eigenvalue weighted by Crippen LogP contribution is 2.22. The lowest BCUT2D eigenvalue weighted by Crippen LogP contribution is -2.23. The molecule has 1 unspecified atom stereocenters. The van der Waals surface area contributed by atoms with Crippen LogP contribution < -0.4 is 15.8 Å². The van der Waals surface area contributed by atoms with Crippen molar-refractivity contribution in [1.29, 1.82) is 0 Å². The summed E-state index contributed by atoms with van der Waals surface area (Å²) in [7, 11) is 1.72. The van der Waals surface area contributed by atoms with Gasteiger partial charge in [0.05, 0.1) is 7.11 Å². The Kier molecular flexibility index (Phi) is 6.16. The monoisotopic (exact) mass is 250 g/mol. The lowest BCUT2D eigenvalue weighted by Gasteiger charge is -2.14. The molecule has 1 aromatic rings. The van der Waals surface area contributed by atoms with E-state index in [4.69, 9.17) is 10.5 Å². The fourth-order valence-electron chi connectivity index (χ4n) is 2.10. The standard InChI is InChI=1S/C15H26N2O/c1-11(5-6-16)9-17-10-14-7-13(3)15(18-4)8-12(14)2/h7-8,11,17H,5-6,9-10,16H2,1-4H3. The van der Waals surface area contributed by atoms with Gasteiger partial charge in [-0.1, -0.05) is 13.0 Å². The maximum atomic E-state index is 5.55. The third-order valence-corrected chi connectivity index (χ3v) is 3.32. The molecule has 0 aromatic heterocycles. The summed E-state index contributed by atoms with van der Waals surface area (Å²) < 4.78 is 5.32. The zero-order valence-electron chi connectivity index (χ0n) is 12.0. The molecule has 102 valence electrons. The molecule has 3 heteroatoms. The molecule has 0 aliphatic heterocycles. The number of rotatable bonds is 7. The van der Waals surface area contributed by atoms with Crippen LogP contribution in [0.15, 0.2) is 12.1 Å². The molecule has 1 atom stereocenters. The number of nitrogens with two attached hydrogens (primary N) is 1. The summed E-state index contributed by atoms with van der Waals surface area (Å²) in [6.45, 7) is 9.13. The van der Waals surface area contributed by atoms with Crippen LogP contribution >= 0.6 is 0 Å². The Labute approximate surface area is 111 Å². The summed E-state index contributed by atoms with van der Waals surface area (Å²) >= 11 is 0. The van der Waals surface area contributed by atoms with Crippen LogP contribution in [0.3, 0.4) is 0 Å². The second-order valence-corrected chi connectivity index (χ2v) is 5.06. The molecule has 1 aromatic carbocycles. The van der Waals surface area contributed by atoms with E-state index in [9.17, 15) is 0 Å². The fraction of sp³-hybridized carbons (Fsp3) is 0.600. The minimum Gasteiger partial charge on any atom is -0.496 e. The third-order valence-electron chi connectivity index (χ3n) is 3.32. The van der Waals surface area contributed by atoms with Crippen LogP contribution in [-0.2, 0) is 6.54 Å². The van der Waals surface area contributed by atoms with Gasteiger partial charge in [0.25, 0.3) is 0 Å². The van der Waals surface area contributed by atoms with Gasteiger partial charge in [0.15, 0.2) is 0 Å². The van der Waals surface area contributed by atoms with Crippen molar-refractivity contribution in [2.45, 2.75) is 33.7 Å². The molecule has 0 amide bonds. The van der Waals surface area contributed by atoms with E-state index in [0.717, 1.165) is 31.8 Å². The lowest BCUT2D eigenvalue weighted by molar-refractivity contribution is 0.411. The van der Waals surface area contributed by atoms with Crippen molar-refractivity contribution < 1.29 is 4.74 Å². The first-order chi connectivity index (χ1) is 8.58. The zero-order chi connectivity index (χ0) is 13.5. The highest BCUT2D eigenvalue weighted by Gasteiger charge is 2.05. The van der Waals surface area contributed by atoms with Crippen molar-refractivity contribution in [2.24, 2.45) is 11.7 Å². The summed E-state index contributed by atoms with van der Waals surface area (Å²) in [4.78, 5) is 0. The molecule has 0 saturated carbocycles. The van der Waals surface area contributed by atoms with Crippen LogP contribution in [0.25, 0.3) is 0 Å². The van der Waals surface area contributed by atoms with Crippen LogP contribution in [-0.4, -0.2) is 20.2 Å². The van der Waals surface area contributed by atoms with Crippen molar-refractivity contribution in [3.63, 3.8) is 0 Å². The molecule has 3 N–H and O–H groups in total. The van der Waals surface area contributed by atoms with Crippen LogP contribution in [0.2, 0.25) is 0 Å². The predicted octanol–water partition coefficient (Wildman–Crippen LogP) is 2.39. The highest BCUT2D eigenvalue weighted by molar-refractivity contribution is 5.41. The van der Waals surface area contributed by atoms with E-state index in [1.54, 1.807) is 7.11 Å². The maximum Gasteiger partial charge on any atom is 0.122 e. The fourth-order valence-corrected chi connectivity index (χ4v) is 2.10. The molecular weight excluding hydrogens is 224 g/mol. The quantitative estimate of drug-likeness (QED) is 0.781. The van der Waals surface area contributed by atoms with Gasteiger partial charge in [-0.15, -0.1) is 0 Å². The summed E-state index contributed by atoms with van der Waals surface area (Å²) in [5.74, 6) is 1.60. The Morgan fingerprint density at radius 2 is 2.00 bits per heavy atom. The average Bonchev–Trinajstić information content (AvgIpc) is 2.33. The minimum absolute atomic E-state index is 0.634. The van der Waals surface area contributed by atoms with Gasteiger partial charge in [-0.2, -0.15) is 0 Å². The summed E-state index contributed by atoms with van der Waals surface area (Å²) in [6.07, 6.45) is 1.08. The minimum atomic E-state index is 0.634. The van der Waals surface area contributed by atoms with Gasteiger partial charge < -0.3 is 15.8 Å². The van der Waals surface area contributed by atoms with Gasteiger partial charge in [-0.25, -0.2) is 0 Å². The van der Waals surface area contributed by atoms with Gasteiger partial charge in [0.2, 0.25) is 0 Å². The molecule has 0 heterocycles. The Hall–Kier alpha value is -1.06. The lowest BCUT2D eigenvalue weighted by atomic mass is 10.0. The van der Waals surface area contributed by atoms with Gasteiger partial charge >= 0.3 is 0 Å². The topological polar surface area (TPSA) is 47.3 Å². The van der Waals surface area contributed by atoms with Crippen molar-refractivity contribution in [1.82, 2.24) is 5.32 Å². The van der Waals surface area contributed by atoms with Crippen molar-refractivity contribution in [3.8, 4) is 5.75 Å². The van der Waals surface area contributed by atoms with E-state index in [1.807, 2.05) is 0 Å². The molecule has 0 bridgehead atoms. The van der Waals surface area contributed by atoms with E-state index >= 15 is 0 Å². The molecular formula is C15H26N2O. The number of aryl methyl sites for hydroxylation is 2. The SMILES string of the molecule is COc1cc(C)c(CNCC(C)CCN)cc1C. The van der Waals surface area contributed by atoms with Crippen molar-refractivity contribution >= 4 is 0 Å². The molecule has 0 saturated heterocycles. The van der Waals surface area contributed by atoms with Crippen LogP contribution in [0, 0.1) is 19.8 Å². The van der Waals surface area contributed by atoms with E-state index < -0.39 is 0 Å². The van der Waals surface area contributed by atoms with Gasteiger partial charge in [-0.3, -0.25) is 0 Å². The molecule has 0 radical (unpaired) electrons. The molecule has 3 nitrogen and oxygen atoms in total. The summed E-state index contributed by atoms with van der Waals surface area (Å²) in [5, 5.41) is 3.50. The van der Waals surface area contributed by atoms with Gasteiger partial charge in [-0.05, 0) is 62.0 Å². The number of nitrogens with one attached hydrogen (secondary N) is 1. The molecule has 0 fully saturated rings. The Bertz CT molecular complexity index is 377. The largest absolute Gasteiger partial charge is 0.496 e. The van der Waals surface area contributed by atoms with Crippen molar-refractivity contribution in [3.05, 3.63) is 28.8 Å². The average molecular weight is 250 g/mol. The molecule has 0 spiro atoms. The van der Waals surface area contributed by atoms with E-state index in [1.165, 1.54) is 16.7 Å².